The lowest BCUT2D eigenvalue weighted by molar-refractivity contribution is 0.217. The highest BCUT2D eigenvalue weighted by atomic mass is 32.1. The molecule has 0 aliphatic rings. The smallest absolute Gasteiger partial charge is 0.168 e. The zero-order chi connectivity index (χ0) is 11.3. The average molecular weight is 224 g/mol. The number of thiocarbonyl (C=S) groups is 1. The van der Waals surface area contributed by atoms with Crippen molar-refractivity contribution in [3.05, 3.63) is 24.3 Å². The van der Waals surface area contributed by atoms with Crippen LogP contribution in [0.2, 0.25) is 0 Å². The molecule has 0 radical (unpaired) electrons. The van der Waals surface area contributed by atoms with Gasteiger partial charge in [-0.2, -0.15) is 0 Å². The van der Waals surface area contributed by atoms with Crippen molar-refractivity contribution in [2.45, 2.75) is 26.4 Å². The van der Waals surface area contributed by atoms with Crippen LogP contribution in [0.4, 0.5) is 5.69 Å². The third-order valence-electron chi connectivity index (χ3n) is 2.03. The van der Waals surface area contributed by atoms with Crippen LogP contribution in [0.5, 0.6) is 5.75 Å². The first kappa shape index (κ1) is 11.8. The van der Waals surface area contributed by atoms with Crippen LogP contribution in [0.15, 0.2) is 24.3 Å². The molecule has 15 heavy (non-hydrogen) atoms. The van der Waals surface area contributed by atoms with Gasteiger partial charge in [0, 0.05) is 5.69 Å². The third-order valence-corrected chi connectivity index (χ3v) is 2.14. The monoisotopic (exact) mass is 224 g/mol. The molecule has 0 spiro atoms. The molecule has 0 aliphatic carbocycles. The van der Waals surface area contributed by atoms with Crippen LogP contribution in [0.1, 0.15) is 20.3 Å². The predicted molar refractivity (Wildman–Crippen MR) is 67.2 cm³/mol. The van der Waals surface area contributed by atoms with E-state index >= 15 is 0 Å². The summed E-state index contributed by atoms with van der Waals surface area (Å²) in [5, 5.41) is 3.12. The van der Waals surface area contributed by atoms with Gasteiger partial charge >= 0.3 is 0 Å². The Bertz CT molecular complexity index is 324. The van der Waals surface area contributed by atoms with E-state index in [1.54, 1.807) is 0 Å². The number of anilines is 1. The van der Waals surface area contributed by atoms with Crippen molar-refractivity contribution < 1.29 is 4.74 Å². The zero-order valence-electron chi connectivity index (χ0n) is 8.99. The molecule has 0 amide bonds. The van der Waals surface area contributed by atoms with Gasteiger partial charge in [0.2, 0.25) is 0 Å². The Labute approximate surface area is 95.6 Å². The second-order valence-electron chi connectivity index (χ2n) is 3.35. The fraction of sp³-hybridized carbons (Fsp3) is 0.364. The molecule has 1 aromatic rings. The van der Waals surface area contributed by atoms with E-state index in [-0.39, 0.29) is 11.2 Å². The molecule has 0 fully saturated rings. The van der Waals surface area contributed by atoms with Crippen molar-refractivity contribution in [2.24, 2.45) is 5.73 Å². The second kappa shape index (κ2) is 5.56. The molecule has 1 unspecified atom stereocenters. The summed E-state index contributed by atoms with van der Waals surface area (Å²) >= 11 is 4.73. The quantitative estimate of drug-likeness (QED) is 0.771. The first-order valence-corrected chi connectivity index (χ1v) is 5.35. The van der Waals surface area contributed by atoms with Crippen LogP contribution in [-0.2, 0) is 0 Å². The summed E-state index contributed by atoms with van der Waals surface area (Å²) < 4.78 is 5.63. The molecular formula is C11H16N2OS. The lowest BCUT2D eigenvalue weighted by Crippen LogP contribution is -2.18. The Morgan fingerprint density at radius 2 is 2.07 bits per heavy atom. The van der Waals surface area contributed by atoms with Gasteiger partial charge in [-0.3, -0.25) is 0 Å². The summed E-state index contributed by atoms with van der Waals surface area (Å²) in [5.41, 5.74) is 6.23. The van der Waals surface area contributed by atoms with E-state index in [1.165, 1.54) is 0 Å². The minimum atomic E-state index is 0.236. The number of ether oxygens (including phenoxy) is 1. The molecule has 0 saturated heterocycles. The van der Waals surface area contributed by atoms with E-state index < -0.39 is 0 Å². The number of nitrogens with one attached hydrogen (secondary N) is 1. The number of hydrogen-bond donors (Lipinski definition) is 2. The van der Waals surface area contributed by atoms with Gasteiger partial charge in [0.25, 0.3) is 0 Å². The standard InChI is InChI=1S/C11H16N2OS/c1-3-8(2)14-10-6-4-9(5-7-10)13-11(12)15/h4-8H,3H2,1-2H3,(H3,12,13,15). The molecule has 1 aromatic carbocycles. The molecule has 82 valence electrons. The highest BCUT2D eigenvalue weighted by molar-refractivity contribution is 7.80. The summed E-state index contributed by atoms with van der Waals surface area (Å²) in [6.45, 7) is 4.13. The molecule has 1 rings (SSSR count). The molecule has 0 saturated carbocycles. The highest BCUT2D eigenvalue weighted by Crippen LogP contribution is 2.17. The van der Waals surface area contributed by atoms with Crippen molar-refractivity contribution in [1.29, 1.82) is 0 Å². The van der Waals surface area contributed by atoms with E-state index in [0.29, 0.717) is 0 Å². The lowest BCUT2D eigenvalue weighted by atomic mass is 10.3. The molecule has 1 atom stereocenters. The van der Waals surface area contributed by atoms with Crippen LogP contribution in [0, 0.1) is 0 Å². The SMILES string of the molecule is CCC(C)Oc1ccc(NC(N)=S)cc1. The maximum atomic E-state index is 5.63. The summed E-state index contributed by atoms with van der Waals surface area (Å²) in [5.74, 6) is 0.859. The molecule has 3 N–H and O–H groups in total. The van der Waals surface area contributed by atoms with Crippen LogP contribution < -0.4 is 15.8 Å². The van der Waals surface area contributed by atoms with Gasteiger partial charge in [-0.25, -0.2) is 0 Å². The maximum Gasteiger partial charge on any atom is 0.168 e. The molecule has 0 bridgehead atoms. The normalized spacial score (nSPS) is 11.9. The zero-order valence-corrected chi connectivity index (χ0v) is 9.80. The van der Waals surface area contributed by atoms with Gasteiger partial charge < -0.3 is 15.8 Å². The molecule has 0 heterocycles. The van der Waals surface area contributed by atoms with Crippen molar-refractivity contribution in [3.63, 3.8) is 0 Å². The Hall–Kier alpha value is -1.29. The van der Waals surface area contributed by atoms with E-state index in [1.807, 2.05) is 31.2 Å². The number of rotatable bonds is 4. The van der Waals surface area contributed by atoms with E-state index in [0.717, 1.165) is 17.9 Å². The molecule has 0 aliphatic heterocycles. The number of nitrogens with two attached hydrogens (primary N) is 1. The first-order chi connectivity index (χ1) is 7.11. The predicted octanol–water partition coefficient (Wildman–Crippen LogP) is 2.52. The van der Waals surface area contributed by atoms with Crippen molar-refractivity contribution in [1.82, 2.24) is 0 Å². The van der Waals surface area contributed by atoms with Crippen LogP contribution in [0.25, 0.3) is 0 Å². The number of benzene rings is 1. The van der Waals surface area contributed by atoms with Gasteiger partial charge in [0.15, 0.2) is 5.11 Å². The fourth-order valence-corrected chi connectivity index (χ4v) is 1.19. The molecule has 3 nitrogen and oxygen atoms in total. The maximum absolute atomic E-state index is 5.63. The Morgan fingerprint density at radius 1 is 1.47 bits per heavy atom. The van der Waals surface area contributed by atoms with Crippen LogP contribution in [0.3, 0.4) is 0 Å². The van der Waals surface area contributed by atoms with Gasteiger partial charge in [0.1, 0.15) is 5.75 Å². The van der Waals surface area contributed by atoms with Crippen LogP contribution >= 0.6 is 12.2 Å². The minimum absolute atomic E-state index is 0.236. The summed E-state index contributed by atoms with van der Waals surface area (Å²) in [7, 11) is 0. The Balaban J connectivity index is 2.60. The van der Waals surface area contributed by atoms with Gasteiger partial charge in [-0.1, -0.05) is 6.92 Å². The van der Waals surface area contributed by atoms with Crippen molar-refractivity contribution in [3.8, 4) is 5.75 Å². The summed E-state index contributed by atoms with van der Waals surface area (Å²) in [6, 6.07) is 7.56. The molecular weight excluding hydrogens is 208 g/mol. The van der Waals surface area contributed by atoms with E-state index in [9.17, 15) is 0 Å². The van der Waals surface area contributed by atoms with Crippen molar-refractivity contribution in [2.75, 3.05) is 5.32 Å². The van der Waals surface area contributed by atoms with Gasteiger partial charge in [-0.15, -0.1) is 0 Å². The Morgan fingerprint density at radius 3 is 2.53 bits per heavy atom. The largest absolute Gasteiger partial charge is 0.491 e. The topological polar surface area (TPSA) is 47.3 Å². The van der Waals surface area contributed by atoms with E-state index in [4.69, 9.17) is 22.7 Å². The molecule has 0 aromatic heterocycles. The lowest BCUT2D eigenvalue weighted by Gasteiger charge is -2.12. The summed E-state index contributed by atoms with van der Waals surface area (Å²) in [6.07, 6.45) is 1.23. The molecule has 4 heteroatoms. The minimum Gasteiger partial charge on any atom is -0.491 e. The van der Waals surface area contributed by atoms with Crippen LogP contribution in [-0.4, -0.2) is 11.2 Å². The fourth-order valence-electron chi connectivity index (χ4n) is 1.07. The highest BCUT2D eigenvalue weighted by Gasteiger charge is 2.00. The average Bonchev–Trinajstić information content (AvgIpc) is 2.20. The van der Waals surface area contributed by atoms with Gasteiger partial charge in [0.05, 0.1) is 6.10 Å². The number of hydrogen-bond acceptors (Lipinski definition) is 2. The van der Waals surface area contributed by atoms with Crippen molar-refractivity contribution >= 4 is 23.0 Å². The van der Waals surface area contributed by atoms with Gasteiger partial charge in [-0.05, 0) is 49.8 Å². The third kappa shape index (κ3) is 4.16. The summed E-state index contributed by atoms with van der Waals surface area (Å²) in [4.78, 5) is 0. The van der Waals surface area contributed by atoms with E-state index in [2.05, 4.69) is 12.2 Å². The first-order valence-electron chi connectivity index (χ1n) is 4.95. The second-order valence-corrected chi connectivity index (χ2v) is 3.79. The Kier molecular flexibility index (Phi) is 4.37.